The largest absolute Gasteiger partial charge is 0.334 e. The highest BCUT2D eigenvalue weighted by Crippen LogP contribution is 2.21. The number of pyridine rings is 1. The van der Waals surface area contributed by atoms with Crippen molar-refractivity contribution in [2.24, 2.45) is 0 Å². The third-order valence-corrected chi connectivity index (χ3v) is 7.32. The predicted octanol–water partition coefficient (Wildman–Crippen LogP) is 3.19. The average molecular weight is 417 g/mol. The molecule has 0 fully saturated rings. The number of amides is 2. The summed E-state index contributed by atoms with van der Waals surface area (Å²) in [6.07, 6.45) is 10.5. The molecule has 29 heavy (non-hydrogen) atoms. The SMILES string of the molecule is CC=C(CCCS(=O)C1=CCN(CC)CC1)CNC(=O)N1Cc2ccncc2C1. The molecular weight excluding hydrogens is 384 g/mol. The zero-order chi connectivity index (χ0) is 20.6. The summed E-state index contributed by atoms with van der Waals surface area (Å²) in [5, 5.41) is 3.03. The Kier molecular flexibility index (Phi) is 8.00. The van der Waals surface area contributed by atoms with Gasteiger partial charge in [-0.3, -0.25) is 14.1 Å². The molecule has 3 rings (SSSR count). The van der Waals surface area contributed by atoms with Gasteiger partial charge in [-0.05, 0) is 49.9 Å². The maximum absolute atomic E-state index is 12.5. The number of aromatic nitrogens is 1. The molecule has 1 unspecified atom stereocenters. The summed E-state index contributed by atoms with van der Waals surface area (Å²) >= 11 is 0. The molecule has 2 aliphatic heterocycles. The molecule has 0 aromatic carbocycles. The van der Waals surface area contributed by atoms with Gasteiger partial charge >= 0.3 is 6.03 Å². The Labute approximate surface area is 176 Å². The number of carbonyl (C=O) groups is 1. The smallest absolute Gasteiger partial charge is 0.318 e. The van der Waals surface area contributed by atoms with Gasteiger partial charge in [0.1, 0.15) is 0 Å². The van der Waals surface area contributed by atoms with E-state index in [1.165, 1.54) is 11.1 Å². The second-order valence-corrected chi connectivity index (χ2v) is 9.20. The summed E-state index contributed by atoms with van der Waals surface area (Å²) in [6, 6.07) is 1.93. The Hall–Kier alpha value is -1.99. The van der Waals surface area contributed by atoms with Crippen LogP contribution in [0, 0.1) is 0 Å². The van der Waals surface area contributed by atoms with E-state index >= 15 is 0 Å². The number of allylic oxidation sites excluding steroid dienone is 1. The fourth-order valence-corrected chi connectivity index (χ4v) is 5.00. The lowest BCUT2D eigenvalue weighted by atomic mass is 10.1. The zero-order valence-corrected chi connectivity index (χ0v) is 18.3. The van der Waals surface area contributed by atoms with Crippen LogP contribution in [0.25, 0.3) is 0 Å². The molecule has 1 N–H and O–H groups in total. The molecule has 3 heterocycles. The van der Waals surface area contributed by atoms with Crippen molar-refractivity contribution in [2.45, 2.75) is 46.2 Å². The van der Waals surface area contributed by atoms with Crippen LogP contribution in [0.5, 0.6) is 0 Å². The molecule has 0 saturated heterocycles. The van der Waals surface area contributed by atoms with Crippen molar-refractivity contribution >= 4 is 16.8 Å². The number of nitrogens with one attached hydrogen (secondary N) is 1. The van der Waals surface area contributed by atoms with Gasteiger partial charge in [0.15, 0.2) is 0 Å². The van der Waals surface area contributed by atoms with Crippen LogP contribution in [0.4, 0.5) is 4.79 Å². The van der Waals surface area contributed by atoms with Crippen LogP contribution in [-0.2, 0) is 23.9 Å². The quantitative estimate of drug-likeness (QED) is 0.661. The molecule has 1 atom stereocenters. The van der Waals surface area contributed by atoms with E-state index in [0.29, 0.717) is 25.4 Å². The van der Waals surface area contributed by atoms with E-state index in [-0.39, 0.29) is 6.03 Å². The number of urea groups is 1. The first kappa shape index (κ1) is 21.7. The highest BCUT2D eigenvalue weighted by molar-refractivity contribution is 7.88. The minimum Gasteiger partial charge on any atom is -0.334 e. The Morgan fingerprint density at radius 2 is 2.17 bits per heavy atom. The normalized spacial score (nSPS) is 18.3. The minimum absolute atomic E-state index is 0.0445. The van der Waals surface area contributed by atoms with Crippen molar-refractivity contribution < 1.29 is 9.00 Å². The van der Waals surface area contributed by atoms with Gasteiger partial charge in [-0.15, -0.1) is 0 Å². The second-order valence-electron chi connectivity index (χ2n) is 7.57. The summed E-state index contributed by atoms with van der Waals surface area (Å²) in [4.78, 5) is 21.9. The summed E-state index contributed by atoms with van der Waals surface area (Å²) < 4.78 is 12.5. The second kappa shape index (κ2) is 10.7. The van der Waals surface area contributed by atoms with Crippen molar-refractivity contribution in [1.29, 1.82) is 0 Å². The van der Waals surface area contributed by atoms with Crippen LogP contribution in [0.15, 0.2) is 41.1 Å². The Morgan fingerprint density at radius 1 is 1.34 bits per heavy atom. The van der Waals surface area contributed by atoms with Gasteiger partial charge in [0.2, 0.25) is 0 Å². The predicted molar refractivity (Wildman–Crippen MR) is 118 cm³/mol. The molecule has 158 valence electrons. The van der Waals surface area contributed by atoms with Crippen LogP contribution in [0.1, 0.15) is 44.2 Å². The molecular formula is C22H32N4O2S. The van der Waals surface area contributed by atoms with Gasteiger partial charge in [0, 0.05) is 66.6 Å². The van der Waals surface area contributed by atoms with Gasteiger partial charge in [-0.1, -0.05) is 24.6 Å². The van der Waals surface area contributed by atoms with Crippen LogP contribution in [-0.4, -0.2) is 57.0 Å². The summed E-state index contributed by atoms with van der Waals surface area (Å²) in [6.45, 7) is 8.93. The van der Waals surface area contributed by atoms with Crippen molar-refractivity contribution in [3.63, 3.8) is 0 Å². The van der Waals surface area contributed by atoms with Gasteiger partial charge in [-0.2, -0.15) is 0 Å². The zero-order valence-electron chi connectivity index (χ0n) is 17.5. The van der Waals surface area contributed by atoms with Crippen LogP contribution in [0.2, 0.25) is 0 Å². The first-order valence-corrected chi connectivity index (χ1v) is 11.8. The molecule has 2 aliphatic rings. The molecule has 1 aromatic heterocycles. The number of rotatable bonds is 8. The van der Waals surface area contributed by atoms with Crippen molar-refractivity contribution in [3.8, 4) is 0 Å². The number of fused-ring (bicyclic) bond motifs is 1. The molecule has 0 bridgehead atoms. The Morgan fingerprint density at radius 3 is 2.86 bits per heavy atom. The van der Waals surface area contributed by atoms with Gasteiger partial charge in [0.05, 0.1) is 0 Å². The average Bonchev–Trinajstić information content (AvgIpc) is 3.20. The highest BCUT2D eigenvalue weighted by atomic mass is 32.2. The fourth-order valence-electron chi connectivity index (χ4n) is 3.75. The molecule has 0 aliphatic carbocycles. The first-order chi connectivity index (χ1) is 14.1. The minimum atomic E-state index is -0.873. The Balaban J connectivity index is 1.37. The number of likely N-dealkylation sites (N-methyl/N-ethyl adjacent to an activating group) is 1. The lowest BCUT2D eigenvalue weighted by Gasteiger charge is -2.24. The third-order valence-electron chi connectivity index (χ3n) is 5.71. The number of nitrogens with zero attached hydrogens (tertiary/aromatic N) is 3. The third kappa shape index (κ3) is 6.00. The standard InChI is InChI=1S/C22H32N4O2S/c1-3-18(6-5-13-29(28)21-8-11-25(4-2)12-9-21)14-24-22(27)26-16-19-7-10-23-15-20(19)17-26/h3,7-8,10,15H,4-6,9,11-14,16-17H2,1-2H3,(H,24,27). The van der Waals surface area contributed by atoms with Gasteiger partial charge in [-0.25, -0.2) is 4.79 Å². The number of hydrogen-bond donors (Lipinski definition) is 1. The maximum atomic E-state index is 12.5. The first-order valence-electron chi connectivity index (χ1n) is 10.5. The van der Waals surface area contributed by atoms with Crippen LogP contribution < -0.4 is 5.32 Å². The van der Waals surface area contributed by atoms with Crippen LogP contribution in [0.3, 0.4) is 0 Å². The van der Waals surface area contributed by atoms with E-state index in [1.54, 1.807) is 6.20 Å². The van der Waals surface area contributed by atoms with Crippen LogP contribution >= 0.6 is 0 Å². The lowest BCUT2D eigenvalue weighted by Crippen LogP contribution is -2.37. The van der Waals surface area contributed by atoms with E-state index in [0.717, 1.165) is 49.4 Å². The highest BCUT2D eigenvalue weighted by Gasteiger charge is 2.23. The molecule has 2 amide bonds. The van der Waals surface area contributed by atoms with Crippen molar-refractivity contribution in [3.05, 3.63) is 52.2 Å². The van der Waals surface area contributed by atoms with E-state index in [2.05, 4.69) is 34.3 Å². The maximum Gasteiger partial charge on any atom is 0.318 e. The molecule has 0 saturated carbocycles. The molecule has 0 radical (unpaired) electrons. The van der Waals surface area contributed by atoms with E-state index in [1.807, 2.05) is 24.1 Å². The van der Waals surface area contributed by atoms with E-state index in [4.69, 9.17) is 0 Å². The van der Waals surface area contributed by atoms with Crippen molar-refractivity contribution in [1.82, 2.24) is 20.1 Å². The monoisotopic (exact) mass is 416 g/mol. The van der Waals surface area contributed by atoms with Gasteiger partial charge < -0.3 is 10.2 Å². The molecule has 7 heteroatoms. The summed E-state index contributed by atoms with van der Waals surface area (Å²) in [5.41, 5.74) is 3.47. The Bertz CT molecular complexity index is 781. The number of carbonyl (C=O) groups excluding carboxylic acids is 1. The fraction of sp³-hybridized carbons (Fsp3) is 0.545. The van der Waals surface area contributed by atoms with Gasteiger partial charge in [0.25, 0.3) is 0 Å². The van der Waals surface area contributed by atoms with E-state index in [9.17, 15) is 9.00 Å². The lowest BCUT2D eigenvalue weighted by molar-refractivity contribution is 0.199. The molecule has 0 spiro atoms. The molecule has 1 aromatic rings. The van der Waals surface area contributed by atoms with Crippen molar-refractivity contribution in [2.75, 3.05) is 31.9 Å². The molecule has 6 nitrogen and oxygen atoms in total. The summed E-state index contributed by atoms with van der Waals surface area (Å²) in [5.74, 6) is 0.692. The topological polar surface area (TPSA) is 65.5 Å². The number of hydrogen-bond acceptors (Lipinski definition) is 4. The summed E-state index contributed by atoms with van der Waals surface area (Å²) in [7, 11) is -0.873. The van der Waals surface area contributed by atoms with E-state index < -0.39 is 10.8 Å².